The normalized spacial score (nSPS) is 17.9. The van der Waals surface area contributed by atoms with Gasteiger partial charge in [0.1, 0.15) is 7.05 Å². The molecule has 0 saturated carbocycles. The van der Waals surface area contributed by atoms with Crippen LogP contribution in [0.4, 0.5) is 0 Å². The van der Waals surface area contributed by atoms with Gasteiger partial charge in [-0.15, -0.1) is 0 Å². The van der Waals surface area contributed by atoms with Crippen molar-refractivity contribution in [2.45, 2.75) is 12.5 Å². The van der Waals surface area contributed by atoms with Crippen LogP contribution in [0.5, 0.6) is 5.95 Å². The van der Waals surface area contributed by atoms with Gasteiger partial charge in [0.25, 0.3) is 0 Å². The van der Waals surface area contributed by atoms with Crippen LogP contribution >= 0.6 is 11.8 Å². The number of hydrogen-bond acceptors (Lipinski definition) is 5. The van der Waals surface area contributed by atoms with Gasteiger partial charge in [-0.1, -0.05) is 18.2 Å². The second-order valence-corrected chi connectivity index (χ2v) is 6.06. The van der Waals surface area contributed by atoms with Gasteiger partial charge < -0.3 is 5.11 Å². The Balaban J connectivity index is 1.94. The van der Waals surface area contributed by atoms with Crippen LogP contribution < -0.4 is 14.7 Å². The van der Waals surface area contributed by atoms with E-state index in [-0.39, 0.29) is 11.9 Å². The van der Waals surface area contributed by atoms with Gasteiger partial charge in [-0.05, 0) is 22.9 Å². The van der Waals surface area contributed by atoms with E-state index < -0.39 is 0 Å². The first kappa shape index (κ1) is 13.9. The average Bonchev–Trinajstić information content (AvgIpc) is 3.16. The number of carbonyl (C=O) groups excluding carboxylic acids is 1. The topological polar surface area (TPSA) is 61.4 Å². The largest absolute Gasteiger partial charge is 0.473 e. The van der Waals surface area contributed by atoms with Crippen molar-refractivity contribution in [2.75, 3.05) is 23.6 Å². The van der Waals surface area contributed by atoms with Crippen LogP contribution in [-0.2, 0) is 0 Å². The highest BCUT2D eigenvalue weighted by molar-refractivity contribution is 7.99. The third kappa shape index (κ3) is 2.73. The summed E-state index contributed by atoms with van der Waals surface area (Å²) in [7, 11) is 1.89. The highest BCUT2D eigenvalue weighted by Gasteiger charge is 2.41. The monoisotopic (exact) mass is 307 g/mol. The Hall–Kier alpha value is -2.02. The molecule has 1 unspecified atom stereocenters. The molecule has 3 rings (SSSR count). The van der Waals surface area contributed by atoms with Crippen LogP contribution in [0.3, 0.4) is 0 Å². The average molecular weight is 307 g/mol. The number of hydrogen-bond donors (Lipinski definition) is 1. The van der Waals surface area contributed by atoms with Gasteiger partial charge >= 0.3 is 18.1 Å². The number of benzene rings is 1. The number of thioether (sulfide) groups is 1. The van der Waals surface area contributed by atoms with Crippen molar-refractivity contribution in [3.8, 4) is 5.95 Å². The second kappa shape index (κ2) is 5.77. The van der Waals surface area contributed by atoms with Crippen molar-refractivity contribution in [3.63, 3.8) is 0 Å². The maximum Gasteiger partial charge on any atom is 0.448 e. The molecule has 1 aliphatic heterocycles. The Kier molecular flexibility index (Phi) is 3.83. The van der Waals surface area contributed by atoms with E-state index in [1.54, 1.807) is 24.3 Å². The molecule has 110 valence electrons. The summed E-state index contributed by atoms with van der Waals surface area (Å²) in [6, 6.07) is 9.16. The van der Waals surface area contributed by atoms with Gasteiger partial charge in [-0.2, -0.15) is 16.3 Å². The third-order valence-electron chi connectivity index (χ3n) is 3.54. The van der Waals surface area contributed by atoms with E-state index in [4.69, 9.17) is 4.52 Å². The van der Waals surface area contributed by atoms with Crippen LogP contribution in [-0.4, -0.2) is 35.6 Å². The Bertz CT molecular complexity index is 638. The Labute approximate surface area is 126 Å². The van der Waals surface area contributed by atoms with Crippen LogP contribution in [0.2, 0.25) is 0 Å². The molecule has 1 fully saturated rings. The predicted molar refractivity (Wildman–Crippen MR) is 76.8 cm³/mol. The number of rotatable bonds is 3. The summed E-state index contributed by atoms with van der Waals surface area (Å²) in [5, 5.41) is 11.5. The lowest BCUT2D eigenvalue weighted by Crippen LogP contribution is -2.79. The zero-order valence-corrected chi connectivity index (χ0v) is 12.5. The molecule has 1 N–H and O–H groups in total. The third-order valence-corrected chi connectivity index (χ3v) is 4.69. The Morgan fingerprint density at radius 3 is 2.86 bits per heavy atom. The maximum atomic E-state index is 12.5. The molecule has 1 saturated heterocycles. The summed E-state index contributed by atoms with van der Waals surface area (Å²) in [6.07, 6.45) is 2.45. The molecular formula is C14H17N3O3S+2. The lowest BCUT2D eigenvalue weighted by Gasteiger charge is -2.08. The number of aromatic hydroxyl groups is 1. The fraction of sp³-hybridized carbons (Fsp3) is 0.357. The van der Waals surface area contributed by atoms with E-state index >= 15 is 0 Å². The first-order chi connectivity index (χ1) is 10.2. The molecule has 1 atom stereocenters. The van der Waals surface area contributed by atoms with Crippen molar-refractivity contribution in [3.05, 3.63) is 42.1 Å². The number of aromatic nitrogens is 2. The zero-order chi connectivity index (χ0) is 14.8. The standard InChI is InChI=1S/C14H16N3O3S/c1-15(12-7-8-21-10-12)16-9-13(18)20-17(16)14(19)11-5-3-2-4-6-11/h2-6,9,12H,7-8,10H2,1H3/q+1/p+1. The van der Waals surface area contributed by atoms with E-state index in [1.807, 2.05) is 29.9 Å². The Morgan fingerprint density at radius 1 is 1.43 bits per heavy atom. The molecule has 6 nitrogen and oxygen atoms in total. The fourth-order valence-electron chi connectivity index (χ4n) is 2.33. The highest BCUT2D eigenvalue weighted by atomic mass is 32.2. The van der Waals surface area contributed by atoms with Gasteiger partial charge in [-0.3, -0.25) is 0 Å². The molecule has 1 aromatic carbocycles. The van der Waals surface area contributed by atoms with Gasteiger partial charge in [0.15, 0.2) is 10.8 Å². The summed E-state index contributed by atoms with van der Waals surface area (Å²) in [6.45, 7) is 0. The second-order valence-electron chi connectivity index (χ2n) is 4.91. The predicted octanol–water partition coefficient (Wildman–Crippen LogP) is 0.322. The molecule has 0 bridgehead atoms. The van der Waals surface area contributed by atoms with Crippen molar-refractivity contribution >= 4 is 17.7 Å². The van der Waals surface area contributed by atoms with Crippen molar-refractivity contribution in [1.29, 1.82) is 0 Å². The first-order valence-electron chi connectivity index (χ1n) is 6.74. The van der Waals surface area contributed by atoms with E-state index in [0.29, 0.717) is 11.6 Å². The minimum absolute atomic E-state index is 0.295. The van der Waals surface area contributed by atoms with Gasteiger partial charge in [0.2, 0.25) is 4.85 Å². The van der Waals surface area contributed by atoms with E-state index in [0.717, 1.165) is 22.8 Å². The minimum atomic E-state index is -0.326. The van der Waals surface area contributed by atoms with Crippen LogP contribution in [0.25, 0.3) is 0 Å². The summed E-state index contributed by atoms with van der Waals surface area (Å²) in [5.74, 6) is 1.48. The lowest BCUT2D eigenvalue weighted by molar-refractivity contribution is -1.26. The minimum Gasteiger partial charge on any atom is -0.473 e. The molecular weight excluding hydrogens is 290 g/mol. The summed E-state index contributed by atoms with van der Waals surface area (Å²) in [4.78, 5) is 15.1. The van der Waals surface area contributed by atoms with E-state index in [9.17, 15) is 9.90 Å². The summed E-state index contributed by atoms with van der Waals surface area (Å²) < 4.78 is 5.15. The molecule has 21 heavy (non-hydrogen) atoms. The molecule has 0 spiro atoms. The van der Waals surface area contributed by atoms with Gasteiger partial charge in [-0.25, -0.2) is 4.79 Å². The van der Waals surface area contributed by atoms with Gasteiger partial charge in [0.05, 0.1) is 5.56 Å². The molecule has 1 aromatic heterocycles. The molecule has 0 radical (unpaired) electrons. The number of carbonyl (C=O) groups is 1. The lowest BCUT2D eigenvalue weighted by atomic mass is 10.2. The van der Waals surface area contributed by atoms with Crippen molar-refractivity contribution < 1.29 is 24.1 Å². The fourth-order valence-corrected chi connectivity index (χ4v) is 3.59. The summed E-state index contributed by atoms with van der Waals surface area (Å²) in [5.41, 5.74) is 0.500. The molecule has 2 heterocycles. The number of nitrogens with zero attached hydrogens (tertiary/aromatic N) is 3. The first-order valence-corrected chi connectivity index (χ1v) is 7.90. The molecule has 0 amide bonds. The van der Waals surface area contributed by atoms with E-state index in [1.165, 1.54) is 11.0 Å². The molecule has 0 aliphatic carbocycles. The van der Waals surface area contributed by atoms with Crippen molar-refractivity contribution in [1.82, 2.24) is 0 Å². The van der Waals surface area contributed by atoms with Crippen molar-refractivity contribution in [2.24, 2.45) is 0 Å². The quantitative estimate of drug-likeness (QED) is 0.828. The van der Waals surface area contributed by atoms with Crippen LogP contribution in [0.15, 0.2) is 41.1 Å². The summed E-state index contributed by atoms with van der Waals surface area (Å²) >= 11 is 1.88. The van der Waals surface area contributed by atoms with Crippen LogP contribution in [0, 0.1) is 0 Å². The van der Waals surface area contributed by atoms with Gasteiger partial charge in [0, 0.05) is 12.2 Å². The smallest absolute Gasteiger partial charge is 0.448 e. The molecule has 1 aliphatic rings. The Morgan fingerprint density at radius 2 is 2.19 bits per heavy atom. The maximum absolute atomic E-state index is 12.5. The highest BCUT2D eigenvalue weighted by Crippen LogP contribution is 2.19. The van der Waals surface area contributed by atoms with E-state index in [2.05, 4.69) is 0 Å². The molecule has 7 heteroatoms. The molecule has 2 aromatic rings. The SMILES string of the molecule is CN(C1CCSC1)[n+]1cc(O)o[n+]1C(=O)c1ccccc1. The zero-order valence-electron chi connectivity index (χ0n) is 11.7. The van der Waals surface area contributed by atoms with Crippen LogP contribution in [0.1, 0.15) is 16.8 Å².